The van der Waals surface area contributed by atoms with Crippen LogP contribution in [0.3, 0.4) is 0 Å². The van der Waals surface area contributed by atoms with E-state index in [-0.39, 0.29) is 39.0 Å². The van der Waals surface area contributed by atoms with Crippen molar-refractivity contribution in [2.75, 3.05) is 0 Å². The normalized spacial score (nSPS) is 11.7. The van der Waals surface area contributed by atoms with Gasteiger partial charge in [0, 0.05) is 0 Å². The number of rotatable bonds is 6. The number of carbonyl (C=O) groups is 1. The average molecular weight is 417 g/mol. The molecule has 1 radical (unpaired) electrons. The number of carboxylic acids is 1. The molecule has 26 heavy (non-hydrogen) atoms. The van der Waals surface area contributed by atoms with Crippen molar-refractivity contribution in [3.8, 4) is 17.1 Å². The first-order valence-electron chi connectivity index (χ1n) is 8.34. The number of furan rings is 1. The van der Waals surface area contributed by atoms with E-state index in [4.69, 9.17) is 9.15 Å². The molecule has 0 bridgehead atoms. The molecule has 0 aliphatic rings. The van der Waals surface area contributed by atoms with Crippen LogP contribution in [-0.2, 0) is 0 Å². The number of carboxylic acid groups (broad SMARTS) is 1. The van der Waals surface area contributed by atoms with E-state index in [1.807, 2.05) is 19.9 Å². The number of halogens is 1. The van der Waals surface area contributed by atoms with Crippen LogP contribution < -0.4 is 9.09 Å². The molecule has 4 nitrogen and oxygen atoms in total. The van der Waals surface area contributed by atoms with Crippen LogP contribution in [0.25, 0.3) is 22.3 Å². The number of hydrogen-bond donors (Lipinski definition) is 1. The van der Waals surface area contributed by atoms with Gasteiger partial charge in [-0.05, 0) is 0 Å². The predicted octanol–water partition coefficient (Wildman–Crippen LogP) is 4.49. The number of fused-ring (bicyclic) bond motifs is 1. The molecule has 3 aromatic rings. The summed E-state index contributed by atoms with van der Waals surface area (Å²) in [5, 5.41) is 11.3. The van der Waals surface area contributed by atoms with Gasteiger partial charge in [0.25, 0.3) is 0 Å². The second kappa shape index (κ2) is 7.54. The van der Waals surface area contributed by atoms with Crippen molar-refractivity contribution < 1.29 is 23.4 Å². The average Bonchev–Trinajstić information content (AvgIpc) is 2.94. The minimum atomic E-state index is -1.09. The van der Waals surface area contributed by atoms with Crippen molar-refractivity contribution in [1.82, 2.24) is 0 Å². The van der Waals surface area contributed by atoms with Crippen LogP contribution in [0.1, 0.15) is 31.1 Å². The maximum absolute atomic E-state index is 13.2. The maximum atomic E-state index is 13.2. The van der Waals surface area contributed by atoms with Crippen LogP contribution >= 0.6 is 0 Å². The minimum absolute atomic E-state index is 0.0130. The second-order valence-corrected chi connectivity index (χ2v) is 9.08. The summed E-state index contributed by atoms with van der Waals surface area (Å²) in [6.45, 7) is 5.99. The Kier molecular flexibility index (Phi) is 5.38. The molecule has 0 fully saturated rings. The monoisotopic (exact) mass is 417 g/mol. The van der Waals surface area contributed by atoms with Crippen molar-refractivity contribution in [3.05, 3.63) is 47.8 Å². The van der Waals surface area contributed by atoms with Gasteiger partial charge in [0.15, 0.2) is 0 Å². The summed E-state index contributed by atoms with van der Waals surface area (Å²) in [6, 6.07) is 9.25. The third-order valence-corrected chi connectivity index (χ3v) is 5.89. The van der Waals surface area contributed by atoms with Gasteiger partial charge >= 0.3 is 157 Å². The molecule has 0 spiro atoms. The fourth-order valence-electron chi connectivity index (χ4n) is 2.77. The first-order chi connectivity index (χ1) is 12.4. The molecule has 3 rings (SSSR count). The summed E-state index contributed by atoms with van der Waals surface area (Å²) in [6.07, 6.45) is -0.0130. The van der Waals surface area contributed by atoms with E-state index in [9.17, 15) is 14.3 Å². The Morgan fingerprint density at radius 1 is 1.27 bits per heavy atom. The van der Waals surface area contributed by atoms with Crippen molar-refractivity contribution >= 4 is 37.0 Å². The molecular weight excluding hydrogens is 398 g/mol. The molecule has 0 aliphatic heterocycles. The summed E-state index contributed by atoms with van der Waals surface area (Å²) >= 11 is -0.101. The van der Waals surface area contributed by atoms with E-state index in [0.29, 0.717) is 22.3 Å². The number of hydrogen-bond acceptors (Lipinski definition) is 3. The first-order valence-corrected chi connectivity index (χ1v) is 10.6. The van der Waals surface area contributed by atoms with E-state index in [0.717, 1.165) is 9.56 Å². The van der Waals surface area contributed by atoms with Crippen molar-refractivity contribution in [2.24, 2.45) is 0 Å². The van der Waals surface area contributed by atoms with Crippen LogP contribution in [0.4, 0.5) is 4.39 Å². The molecule has 135 valence electrons. The molecule has 6 heteroatoms. The van der Waals surface area contributed by atoms with E-state index in [2.05, 4.69) is 6.92 Å². The second-order valence-electron chi connectivity index (χ2n) is 6.08. The third kappa shape index (κ3) is 3.63. The summed E-state index contributed by atoms with van der Waals surface area (Å²) in [4.78, 5) is 11.9. The van der Waals surface area contributed by atoms with Gasteiger partial charge in [0.2, 0.25) is 0 Å². The van der Waals surface area contributed by atoms with Crippen molar-refractivity contribution in [1.29, 1.82) is 0 Å². The zero-order valence-corrected chi connectivity index (χ0v) is 16.6. The third-order valence-electron chi connectivity index (χ3n) is 3.78. The SMILES string of the molecule is CC[As]c1cc2oc(-c3ccc(F)cc3)c(C(=O)O)c2cc1OC(C)C. The van der Waals surface area contributed by atoms with Crippen LogP contribution in [0.15, 0.2) is 40.8 Å². The molecule has 1 N–H and O–H groups in total. The number of ether oxygens (including phenoxy) is 1. The zero-order valence-electron chi connectivity index (χ0n) is 14.7. The van der Waals surface area contributed by atoms with Gasteiger partial charge in [-0.1, -0.05) is 0 Å². The Bertz CT molecular complexity index is 945. The number of benzene rings is 2. The number of aromatic carboxylic acids is 1. The molecule has 0 aliphatic carbocycles. The molecule has 1 aromatic heterocycles. The fourth-order valence-corrected chi connectivity index (χ4v) is 4.50. The predicted molar refractivity (Wildman–Crippen MR) is 100 cm³/mol. The summed E-state index contributed by atoms with van der Waals surface area (Å²) in [5.41, 5.74) is 1.10. The van der Waals surface area contributed by atoms with Gasteiger partial charge < -0.3 is 0 Å². The van der Waals surface area contributed by atoms with Crippen LogP contribution in [0.2, 0.25) is 5.21 Å². The zero-order chi connectivity index (χ0) is 18.8. The Morgan fingerprint density at radius 2 is 1.96 bits per heavy atom. The van der Waals surface area contributed by atoms with Gasteiger partial charge in [-0.25, -0.2) is 0 Å². The van der Waals surface area contributed by atoms with Crippen LogP contribution in [0.5, 0.6) is 5.75 Å². The first kappa shape index (κ1) is 18.5. The Balaban J connectivity index is 2.25. The molecule has 0 atom stereocenters. The van der Waals surface area contributed by atoms with Gasteiger partial charge in [-0.2, -0.15) is 0 Å². The van der Waals surface area contributed by atoms with Crippen LogP contribution in [-0.4, -0.2) is 32.9 Å². The molecule has 2 aromatic carbocycles. The van der Waals surface area contributed by atoms with Gasteiger partial charge in [-0.15, -0.1) is 0 Å². The van der Waals surface area contributed by atoms with Crippen LogP contribution in [0, 0.1) is 5.82 Å². The molecular formula is C20H19AsFO4. The summed E-state index contributed by atoms with van der Waals surface area (Å²) in [7, 11) is 0. The van der Waals surface area contributed by atoms with Crippen molar-refractivity contribution in [2.45, 2.75) is 32.1 Å². The molecule has 1 heterocycles. The Labute approximate surface area is 157 Å². The van der Waals surface area contributed by atoms with E-state index < -0.39 is 5.97 Å². The topological polar surface area (TPSA) is 59.7 Å². The van der Waals surface area contributed by atoms with Gasteiger partial charge in [0.05, 0.1) is 0 Å². The fraction of sp³-hybridized carbons (Fsp3) is 0.250. The summed E-state index contributed by atoms with van der Waals surface area (Å²) < 4.78 is 26.1. The Hall–Kier alpha value is -2.26. The quantitative estimate of drug-likeness (QED) is 0.601. The van der Waals surface area contributed by atoms with E-state index in [1.165, 1.54) is 24.3 Å². The molecule has 0 amide bonds. The van der Waals surface area contributed by atoms with Crippen molar-refractivity contribution in [3.63, 3.8) is 0 Å². The van der Waals surface area contributed by atoms with Gasteiger partial charge in [-0.3, -0.25) is 0 Å². The molecule has 0 unspecified atom stereocenters. The van der Waals surface area contributed by atoms with E-state index >= 15 is 0 Å². The molecule has 0 saturated heterocycles. The van der Waals surface area contributed by atoms with Gasteiger partial charge in [0.1, 0.15) is 0 Å². The standard InChI is InChI=1S/C20H19AsFO4/c1-4-21-15-10-16-14(9-17(15)25-11(2)3)18(20(23)24)19(26-16)12-5-7-13(22)8-6-12/h5-11H,4H2,1-3H3,(H,23,24). The summed E-state index contributed by atoms with van der Waals surface area (Å²) in [5.74, 6) is -0.532. The Morgan fingerprint density at radius 3 is 2.54 bits per heavy atom. The van der Waals surface area contributed by atoms with E-state index in [1.54, 1.807) is 6.07 Å². The molecule has 0 saturated carbocycles.